The van der Waals surface area contributed by atoms with E-state index in [0.29, 0.717) is 0 Å². The number of aryl methyl sites for hydroxylation is 1. The van der Waals surface area contributed by atoms with Crippen LogP contribution >= 0.6 is 0 Å². The molecule has 0 unspecified atom stereocenters. The van der Waals surface area contributed by atoms with Crippen molar-refractivity contribution in [3.05, 3.63) is 29.6 Å². The summed E-state index contributed by atoms with van der Waals surface area (Å²) >= 11 is 0. The minimum Gasteiger partial charge on any atom is -0.329 e. The molecule has 1 aliphatic rings. The van der Waals surface area contributed by atoms with Crippen LogP contribution in [0.1, 0.15) is 31.2 Å². The van der Waals surface area contributed by atoms with Gasteiger partial charge < -0.3 is 5.73 Å². The third-order valence-electron chi connectivity index (χ3n) is 3.99. The van der Waals surface area contributed by atoms with Crippen molar-refractivity contribution in [2.75, 3.05) is 13.6 Å². The van der Waals surface area contributed by atoms with Gasteiger partial charge in [-0.3, -0.25) is 9.88 Å². The Morgan fingerprint density at radius 3 is 2.71 bits per heavy atom. The molecule has 0 aliphatic heterocycles. The van der Waals surface area contributed by atoms with Crippen molar-refractivity contribution in [1.29, 1.82) is 0 Å². The molecule has 1 saturated carbocycles. The van der Waals surface area contributed by atoms with E-state index in [2.05, 4.69) is 36.0 Å². The number of hydrogen-bond donors (Lipinski definition) is 1. The summed E-state index contributed by atoms with van der Waals surface area (Å²) in [5.74, 6) is 0.812. The summed E-state index contributed by atoms with van der Waals surface area (Å²) in [4.78, 5) is 6.94. The molecular weight excluding hydrogens is 210 g/mol. The first-order chi connectivity index (χ1) is 8.05. The van der Waals surface area contributed by atoms with Crippen molar-refractivity contribution in [3.8, 4) is 0 Å². The molecule has 1 fully saturated rings. The van der Waals surface area contributed by atoms with E-state index in [-0.39, 0.29) is 5.54 Å². The topological polar surface area (TPSA) is 42.1 Å². The molecule has 0 radical (unpaired) electrons. The summed E-state index contributed by atoms with van der Waals surface area (Å²) in [7, 11) is 2.17. The Labute approximate surface area is 104 Å². The van der Waals surface area contributed by atoms with E-state index in [1.165, 1.54) is 12.8 Å². The Bertz CT molecular complexity index is 383. The van der Waals surface area contributed by atoms with Crippen molar-refractivity contribution in [1.82, 2.24) is 9.88 Å². The van der Waals surface area contributed by atoms with Gasteiger partial charge >= 0.3 is 0 Å². The Morgan fingerprint density at radius 1 is 1.47 bits per heavy atom. The lowest BCUT2D eigenvalue weighted by atomic mass is 9.68. The normalized spacial score (nSPS) is 28.2. The fourth-order valence-corrected chi connectivity index (χ4v) is 2.97. The zero-order valence-electron chi connectivity index (χ0n) is 11.1. The number of nitrogens with zero attached hydrogens (tertiary/aromatic N) is 2. The van der Waals surface area contributed by atoms with Crippen LogP contribution < -0.4 is 5.73 Å². The van der Waals surface area contributed by atoms with Crippen LogP contribution in [0.2, 0.25) is 0 Å². The van der Waals surface area contributed by atoms with Gasteiger partial charge in [0.25, 0.3) is 0 Å². The van der Waals surface area contributed by atoms with Gasteiger partial charge in [0.1, 0.15) is 0 Å². The molecule has 3 nitrogen and oxygen atoms in total. The maximum absolute atomic E-state index is 5.95. The van der Waals surface area contributed by atoms with Crippen molar-refractivity contribution >= 4 is 0 Å². The summed E-state index contributed by atoms with van der Waals surface area (Å²) in [5.41, 5.74) is 8.39. The fourth-order valence-electron chi connectivity index (χ4n) is 2.97. The summed E-state index contributed by atoms with van der Waals surface area (Å²) in [6.07, 6.45) is 2.43. The van der Waals surface area contributed by atoms with Gasteiger partial charge in [0.15, 0.2) is 0 Å². The van der Waals surface area contributed by atoms with Gasteiger partial charge in [-0.2, -0.15) is 0 Å². The number of nitrogens with two attached hydrogens (primary N) is 1. The SMILES string of the molecule is Cc1cccc(CN(C)C2(CN)CC(C)C2)n1. The van der Waals surface area contributed by atoms with E-state index in [4.69, 9.17) is 5.73 Å². The lowest BCUT2D eigenvalue weighted by Gasteiger charge is -2.52. The van der Waals surface area contributed by atoms with Gasteiger partial charge in [-0.25, -0.2) is 0 Å². The van der Waals surface area contributed by atoms with Crippen molar-refractivity contribution in [2.45, 2.75) is 38.8 Å². The average molecular weight is 233 g/mol. The predicted molar refractivity (Wildman–Crippen MR) is 70.6 cm³/mol. The largest absolute Gasteiger partial charge is 0.329 e. The van der Waals surface area contributed by atoms with Crippen molar-refractivity contribution in [3.63, 3.8) is 0 Å². The third kappa shape index (κ3) is 2.50. The minimum absolute atomic E-state index is 0.213. The maximum atomic E-state index is 5.95. The Hall–Kier alpha value is -0.930. The average Bonchev–Trinajstić information content (AvgIpc) is 2.24. The van der Waals surface area contributed by atoms with Crippen LogP contribution in [0.15, 0.2) is 18.2 Å². The molecule has 0 spiro atoms. The first-order valence-electron chi connectivity index (χ1n) is 6.39. The van der Waals surface area contributed by atoms with E-state index < -0.39 is 0 Å². The van der Waals surface area contributed by atoms with E-state index >= 15 is 0 Å². The molecule has 2 N–H and O–H groups in total. The Balaban J connectivity index is 2.03. The lowest BCUT2D eigenvalue weighted by Crippen LogP contribution is -2.59. The van der Waals surface area contributed by atoms with Gasteiger partial charge in [0.05, 0.1) is 5.69 Å². The second-order valence-electron chi connectivity index (χ2n) is 5.57. The molecule has 94 valence electrons. The molecular formula is C14H23N3. The highest BCUT2D eigenvalue weighted by atomic mass is 15.2. The molecule has 0 atom stereocenters. The van der Waals surface area contributed by atoms with E-state index in [1.807, 2.05) is 13.0 Å². The van der Waals surface area contributed by atoms with Gasteiger partial charge in [-0.1, -0.05) is 13.0 Å². The van der Waals surface area contributed by atoms with Crippen LogP contribution in [0, 0.1) is 12.8 Å². The zero-order chi connectivity index (χ0) is 12.5. The van der Waals surface area contributed by atoms with Crippen LogP contribution in [0.4, 0.5) is 0 Å². The first kappa shape index (κ1) is 12.5. The highest BCUT2D eigenvalue weighted by molar-refractivity contribution is 5.11. The highest BCUT2D eigenvalue weighted by Crippen LogP contribution is 2.41. The van der Waals surface area contributed by atoms with Gasteiger partial charge in [0.2, 0.25) is 0 Å². The van der Waals surface area contributed by atoms with Crippen LogP contribution in [-0.4, -0.2) is 29.0 Å². The maximum Gasteiger partial charge on any atom is 0.0547 e. The zero-order valence-corrected chi connectivity index (χ0v) is 11.1. The summed E-state index contributed by atoms with van der Waals surface area (Å²) in [6, 6.07) is 6.20. The summed E-state index contributed by atoms with van der Waals surface area (Å²) in [5, 5.41) is 0. The number of likely N-dealkylation sites (N-methyl/N-ethyl adjacent to an activating group) is 1. The molecule has 17 heavy (non-hydrogen) atoms. The summed E-state index contributed by atoms with van der Waals surface area (Å²) in [6.45, 7) is 5.98. The summed E-state index contributed by atoms with van der Waals surface area (Å²) < 4.78 is 0. The van der Waals surface area contributed by atoms with Crippen molar-refractivity contribution < 1.29 is 0 Å². The smallest absolute Gasteiger partial charge is 0.0547 e. The van der Waals surface area contributed by atoms with Gasteiger partial charge in [-0.15, -0.1) is 0 Å². The van der Waals surface area contributed by atoms with Crippen LogP contribution in [0.5, 0.6) is 0 Å². The second kappa shape index (κ2) is 4.75. The monoisotopic (exact) mass is 233 g/mol. The van der Waals surface area contributed by atoms with E-state index in [0.717, 1.165) is 30.4 Å². The predicted octanol–water partition coefficient (Wildman–Crippen LogP) is 1.95. The number of hydrogen-bond acceptors (Lipinski definition) is 3. The van der Waals surface area contributed by atoms with E-state index in [9.17, 15) is 0 Å². The Kier molecular flexibility index (Phi) is 3.50. The third-order valence-corrected chi connectivity index (χ3v) is 3.99. The number of pyridine rings is 1. The molecule has 0 bridgehead atoms. The molecule has 1 aromatic heterocycles. The lowest BCUT2D eigenvalue weighted by molar-refractivity contribution is -0.000465. The van der Waals surface area contributed by atoms with Crippen molar-refractivity contribution in [2.24, 2.45) is 11.7 Å². The molecule has 3 heteroatoms. The van der Waals surface area contributed by atoms with Crippen LogP contribution in [-0.2, 0) is 6.54 Å². The Morgan fingerprint density at radius 2 is 2.18 bits per heavy atom. The standard InChI is InChI=1S/C14H23N3/c1-11-7-14(8-11,10-15)17(3)9-13-6-4-5-12(2)16-13/h4-6,11H,7-10,15H2,1-3H3. The molecule has 1 aliphatic carbocycles. The van der Waals surface area contributed by atoms with Gasteiger partial charge in [0, 0.05) is 24.3 Å². The minimum atomic E-state index is 0.213. The molecule has 2 rings (SSSR count). The van der Waals surface area contributed by atoms with E-state index in [1.54, 1.807) is 0 Å². The molecule has 0 saturated heterocycles. The molecule has 0 aromatic carbocycles. The highest BCUT2D eigenvalue weighted by Gasteiger charge is 2.43. The second-order valence-corrected chi connectivity index (χ2v) is 5.57. The molecule has 1 aromatic rings. The van der Waals surface area contributed by atoms with Crippen LogP contribution in [0.25, 0.3) is 0 Å². The van der Waals surface area contributed by atoms with Crippen LogP contribution in [0.3, 0.4) is 0 Å². The number of aromatic nitrogens is 1. The molecule has 0 amide bonds. The first-order valence-corrected chi connectivity index (χ1v) is 6.39. The van der Waals surface area contributed by atoms with Gasteiger partial charge in [-0.05, 0) is 44.9 Å². The quantitative estimate of drug-likeness (QED) is 0.864. The fraction of sp³-hybridized carbons (Fsp3) is 0.643. The number of rotatable bonds is 4. The molecule has 1 heterocycles.